The first kappa shape index (κ1) is 16.0. The Morgan fingerprint density at radius 3 is 2.68 bits per heavy atom. The van der Waals surface area contributed by atoms with E-state index in [0.29, 0.717) is 11.7 Å². The van der Waals surface area contributed by atoms with Crippen LogP contribution in [0.2, 0.25) is 0 Å². The summed E-state index contributed by atoms with van der Waals surface area (Å²) in [5.41, 5.74) is 6.10. The van der Waals surface area contributed by atoms with Crippen LogP contribution < -0.4 is 11.1 Å². The Kier molecular flexibility index (Phi) is 5.54. The molecule has 0 spiro atoms. The third-order valence-electron chi connectivity index (χ3n) is 2.88. The standard InChI is InChI=1S/C14H17N5O2S/c1-10-17-18-14(22-9-13(21)16-7-12(15)20)19(10)8-11-5-3-2-4-6-11/h2-6H,7-9H2,1H3,(H2,15,20)(H,16,21). The van der Waals surface area contributed by atoms with Crippen molar-refractivity contribution in [3.63, 3.8) is 0 Å². The highest BCUT2D eigenvalue weighted by Crippen LogP contribution is 2.18. The van der Waals surface area contributed by atoms with Gasteiger partial charge in [-0.1, -0.05) is 42.1 Å². The van der Waals surface area contributed by atoms with E-state index in [1.54, 1.807) is 0 Å². The number of amides is 2. The lowest BCUT2D eigenvalue weighted by Gasteiger charge is -2.08. The lowest BCUT2D eigenvalue weighted by Crippen LogP contribution is -2.34. The second-order valence-electron chi connectivity index (χ2n) is 4.63. The van der Waals surface area contributed by atoms with E-state index in [0.717, 1.165) is 11.4 Å². The van der Waals surface area contributed by atoms with E-state index in [9.17, 15) is 9.59 Å². The maximum atomic E-state index is 11.6. The number of nitrogens with zero attached hydrogens (tertiary/aromatic N) is 3. The van der Waals surface area contributed by atoms with Gasteiger partial charge in [0.25, 0.3) is 0 Å². The number of thioether (sulfide) groups is 1. The number of benzene rings is 1. The van der Waals surface area contributed by atoms with Gasteiger partial charge in [-0.05, 0) is 12.5 Å². The molecule has 0 unspecified atom stereocenters. The molecule has 0 aliphatic heterocycles. The first-order chi connectivity index (χ1) is 10.6. The van der Waals surface area contributed by atoms with Crippen molar-refractivity contribution in [1.82, 2.24) is 20.1 Å². The number of primary amides is 1. The van der Waals surface area contributed by atoms with Crippen molar-refractivity contribution in [2.45, 2.75) is 18.6 Å². The summed E-state index contributed by atoms with van der Waals surface area (Å²) >= 11 is 1.27. The van der Waals surface area contributed by atoms with Gasteiger partial charge in [-0.2, -0.15) is 0 Å². The van der Waals surface area contributed by atoms with Crippen LogP contribution in [0.5, 0.6) is 0 Å². The van der Waals surface area contributed by atoms with Crippen LogP contribution >= 0.6 is 11.8 Å². The first-order valence-corrected chi connectivity index (χ1v) is 7.66. The van der Waals surface area contributed by atoms with Gasteiger partial charge in [0.15, 0.2) is 5.16 Å². The van der Waals surface area contributed by atoms with E-state index in [4.69, 9.17) is 5.73 Å². The fourth-order valence-electron chi connectivity index (χ4n) is 1.78. The monoisotopic (exact) mass is 319 g/mol. The number of aromatic nitrogens is 3. The molecule has 0 bridgehead atoms. The minimum atomic E-state index is -0.568. The number of rotatable bonds is 7. The summed E-state index contributed by atoms with van der Waals surface area (Å²) in [5.74, 6) is 0.0984. The van der Waals surface area contributed by atoms with Gasteiger partial charge in [-0.15, -0.1) is 10.2 Å². The van der Waals surface area contributed by atoms with Crippen LogP contribution in [-0.2, 0) is 16.1 Å². The molecule has 2 amide bonds. The van der Waals surface area contributed by atoms with Gasteiger partial charge >= 0.3 is 0 Å². The molecular weight excluding hydrogens is 302 g/mol. The van der Waals surface area contributed by atoms with Crippen molar-refractivity contribution in [2.24, 2.45) is 5.73 Å². The van der Waals surface area contributed by atoms with Crippen LogP contribution in [0.3, 0.4) is 0 Å². The largest absolute Gasteiger partial charge is 0.368 e. The molecular formula is C14H17N5O2S. The highest BCUT2D eigenvalue weighted by molar-refractivity contribution is 7.99. The Hall–Kier alpha value is -2.35. The zero-order chi connectivity index (χ0) is 15.9. The van der Waals surface area contributed by atoms with Crippen molar-refractivity contribution in [3.05, 3.63) is 41.7 Å². The Balaban J connectivity index is 1.97. The summed E-state index contributed by atoms with van der Waals surface area (Å²) in [4.78, 5) is 22.2. The Morgan fingerprint density at radius 2 is 2.00 bits per heavy atom. The van der Waals surface area contributed by atoms with Crippen molar-refractivity contribution in [2.75, 3.05) is 12.3 Å². The summed E-state index contributed by atoms with van der Waals surface area (Å²) in [6, 6.07) is 9.94. The molecule has 2 aromatic rings. The van der Waals surface area contributed by atoms with Crippen LogP contribution in [0.1, 0.15) is 11.4 Å². The SMILES string of the molecule is Cc1nnc(SCC(=O)NCC(N)=O)n1Cc1ccccc1. The number of hydrogen-bond acceptors (Lipinski definition) is 5. The highest BCUT2D eigenvalue weighted by Gasteiger charge is 2.12. The number of hydrogen-bond donors (Lipinski definition) is 2. The molecule has 0 saturated heterocycles. The molecule has 0 aliphatic carbocycles. The van der Waals surface area contributed by atoms with Gasteiger partial charge in [0, 0.05) is 0 Å². The van der Waals surface area contributed by atoms with E-state index < -0.39 is 5.91 Å². The lowest BCUT2D eigenvalue weighted by molar-refractivity contribution is -0.123. The van der Waals surface area contributed by atoms with Gasteiger partial charge in [-0.3, -0.25) is 9.59 Å². The summed E-state index contributed by atoms with van der Waals surface area (Å²) in [6.07, 6.45) is 0. The summed E-state index contributed by atoms with van der Waals surface area (Å²) in [6.45, 7) is 2.35. The van der Waals surface area contributed by atoms with Gasteiger partial charge in [0.1, 0.15) is 5.82 Å². The maximum Gasteiger partial charge on any atom is 0.236 e. The Labute approximate surface area is 132 Å². The molecule has 3 N–H and O–H groups in total. The van der Waals surface area contributed by atoms with E-state index in [-0.39, 0.29) is 18.2 Å². The Morgan fingerprint density at radius 1 is 1.27 bits per heavy atom. The lowest BCUT2D eigenvalue weighted by atomic mass is 10.2. The molecule has 116 valence electrons. The average Bonchev–Trinajstić information content (AvgIpc) is 2.85. The average molecular weight is 319 g/mol. The van der Waals surface area contributed by atoms with E-state index >= 15 is 0 Å². The zero-order valence-corrected chi connectivity index (χ0v) is 13.0. The van der Waals surface area contributed by atoms with Crippen LogP contribution in [0.15, 0.2) is 35.5 Å². The molecule has 22 heavy (non-hydrogen) atoms. The zero-order valence-electron chi connectivity index (χ0n) is 12.2. The number of carbonyl (C=O) groups is 2. The van der Waals surface area contributed by atoms with Gasteiger partial charge in [0.05, 0.1) is 18.8 Å². The number of aryl methyl sites for hydroxylation is 1. The molecule has 2 rings (SSSR count). The summed E-state index contributed by atoms with van der Waals surface area (Å²) in [5, 5.41) is 11.2. The number of nitrogens with one attached hydrogen (secondary N) is 1. The van der Waals surface area contributed by atoms with Crippen LogP contribution in [0.4, 0.5) is 0 Å². The summed E-state index contributed by atoms with van der Waals surface area (Å²) in [7, 11) is 0. The predicted octanol–water partition coefficient (Wildman–Crippen LogP) is 0.328. The fourth-order valence-corrected chi connectivity index (χ4v) is 2.60. The van der Waals surface area contributed by atoms with Crippen LogP contribution in [-0.4, -0.2) is 38.9 Å². The van der Waals surface area contributed by atoms with Crippen LogP contribution in [0.25, 0.3) is 0 Å². The Bertz CT molecular complexity index is 657. The van der Waals surface area contributed by atoms with Crippen LogP contribution in [0, 0.1) is 6.92 Å². The minimum Gasteiger partial charge on any atom is -0.368 e. The molecule has 0 atom stereocenters. The fraction of sp³-hybridized carbons (Fsp3) is 0.286. The van der Waals surface area contributed by atoms with E-state index in [1.807, 2.05) is 41.8 Å². The molecule has 1 aromatic carbocycles. The topological polar surface area (TPSA) is 103 Å². The van der Waals surface area contributed by atoms with Crippen molar-refractivity contribution in [3.8, 4) is 0 Å². The number of carbonyl (C=O) groups excluding carboxylic acids is 2. The molecule has 0 saturated carbocycles. The normalized spacial score (nSPS) is 10.4. The molecule has 7 nitrogen and oxygen atoms in total. The third-order valence-corrected chi connectivity index (χ3v) is 3.84. The molecule has 0 fully saturated rings. The van der Waals surface area contributed by atoms with Gasteiger partial charge in [0.2, 0.25) is 11.8 Å². The second-order valence-corrected chi connectivity index (χ2v) is 5.58. The molecule has 0 aliphatic rings. The molecule has 1 aromatic heterocycles. The van der Waals surface area contributed by atoms with E-state index in [1.165, 1.54) is 11.8 Å². The smallest absolute Gasteiger partial charge is 0.236 e. The second kappa shape index (κ2) is 7.60. The van der Waals surface area contributed by atoms with Crippen molar-refractivity contribution >= 4 is 23.6 Å². The molecule has 8 heteroatoms. The predicted molar refractivity (Wildman–Crippen MR) is 83.2 cm³/mol. The maximum absolute atomic E-state index is 11.6. The first-order valence-electron chi connectivity index (χ1n) is 6.68. The van der Waals surface area contributed by atoms with Gasteiger partial charge < -0.3 is 15.6 Å². The van der Waals surface area contributed by atoms with Crippen molar-refractivity contribution in [1.29, 1.82) is 0 Å². The molecule has 1 heterocycles. The van der Waals surface area contributed by atoms with Crippen molar-refractivity contribution < 1.29 is 9.59 Å². The quantitative estimate of drug-likeness (QED) is 0.716. The minimum absolute atomic E-state index is 0.153. The number of nitrogens with two attached hydrogens (primary N) is 1. The third kappa shape index (κ3) is 4.59. The highest BCUT2D eigenvalue weighted by atomic mass is 32.2. The van der Waals surface area contributed by atoms with E-state index in [2.05, 4.69) is 15.5 Å². The molecule has 0 radical (unpaired) electrons. The van der Waals surface area contributed by atoms with Gasteiger partial charge in [-0.25, -0.2) is 0 Å². The summed E-state index contributed by atoms with van der Waals surface area (Å²) < 4.78 is 1.95.